The van der Waals surface area contributed by atoms with E-state index in [4.69, 9.17) is 5.73 Å². The molecule has 2 heterocycles. The van der Waals surface area contributed by atoms with Crippen molar-refractivity contribution in [3.8, 4) is 0 Å². The lowest BCUT2D eigenvalue weighted by Crippen LogP contribution is -1.97. The highest BCUT2D eigenvalue weighted by Crippen LogP contribution is 2.03. The van der Waals surface area contributed by atoms with Gasteiger partial charge >= 0.3 is 0 Å². The van der Waals surface area contributed by atoms with E-state index in [9.17, 15) is 0 Å². The van der Waals surface area contributed by atoms with E-state index < -0.39 is 0 Å². The van der Waals surface area contributed by atoms with E-state index in [2.05, 4.69) is 17.0 Å². The van der Waals surface area contributed by atoms with Crippen molar-refractivity contribution in [3.05, 3.63) is 36.2 Å². The first-order chi connectivity index (χ1) is 7.31. The van der Waals surface area contributed by atoms with Gasteiger partial charge in [0.05, 0.1) is 24.8 Å². The molecule has 0 atom stereocenters. The lowest BCUT2D eigenvalue weighted by molar-refractivity contribution is 0.658. The van der Waals surface area contributed by atoms with Gasteiger partial charge in [0.2, 0.25) is 0 Å². The molecule has 0 saturated heterocycles. The second-order valence-electron chi connectivity index (χ2n) is 3.45. The van der Waals surface area contributed by atoms with Gasteiger partial charge in [-0.25, -0.2) is 4.98 Å². The van der Waals surface area contributed by atoms with Crippen LogP contribution in [0.4, 0.5) is 0 Å². The van der Waals surface area contributed by atoms with Crippen molar-refractivity contribution < 1.29 is 0 Å². The van der Waals surface area contributed by atoms with Gasteiger partial charge in [0, 0.05) is 31.0 Å². The second-order valence-corrected chi connectivity index (χ2v) is 3.45. The van der Waals surface area contributed by atoms with Gasteiger partial charge in [0.15, 0.2) is 0 Å². The Bertz CT molecular complexity index is 388. The Hall–Kier alpha value is -1.62. The fourth-order valence-electron chi connectivity index (χ4n) is 1.47. The molecule has 2 aromatic rings. The van der Waals surface area contributed by atoms with E-state index in [1.807, 2.05) is 27.8 Å². The lowest BCUT2D eigenvalue weighted by atomic mass is 10.3. The van der Waals surface area contributed by atoms with Gasteiger partial charge in [-0.1, -0.05) is 0 Å². The predicted molar refractivity (Wildman–Crippen MR) is 57.1 cm³/mol. The van der Waals surface area contributed by atoms with E-state index in [0.717, 1.165) is 18.8 Å². The molecule has 15 heavy (non-hydrogen) atoms. The molecule has 0 fully saturated rings. The van der Waals surface area contributed by atoms with Crippen molar-refractivity contribution in [2.45, 2.75) is 26.6 Å². The van der Waals surface area contributed by atoms with Gasteiger partial charge in [0.25, 0.3) is 0 Å². The molecule has 0 saturated carbocycles. The monoisotopic (exact) mass is 205 g/mol. The first-order valence-electron chi connectivity index (χ1n) is 5.04. The van der Waals surface area contributed by atoms with E-state index in [-0.39, 0.29) is 0 Å². The summed E-state index contributed by atoms with van der Waals surface area (Å²) in [4.78, 5) is 4.17. The molecule has 0 aromatic carbocycles. The molecular formula is C10H15N5. The van der Waals surface area contributed by atoms with Crippen LogP contribution >= 0.6 is 0 Å². The van der Waals surface area contributed by atoms with Gasteiger partial charge < -0.3 is 10.3 Å². The molecule has 0 bridgehead atoms. The number of rotatable bonds is 4. The number of imidazole rings is 1. The average molecular weight is 205 g/mol. The van der Waals surface area contributed by atoms with E-state index in [1.165, 1.54) is 5.56 Å². The Labute approximate surface area is 88.5 Å². The smallest absolute Gasteiger partial charge is 0.0953 e. The average Bonchev–Trinajstić information content (AvgIpc) is 2.87. The molecule has 5 nitrogen and oxygen atoms in total. The zero-order valence-corrected chi connectivity index (χ0v) is 8.80. The van der Waals surface area contributed by atoms with Gasteiger partial charge in [-0.3, -0.25) is 4.68 Å². The van der Waals surface area contributed by atoms with Crippen LogP contribution in [-0.4, -0.2) is 19.3 Å². The second kappa shape index (κ2) is 4.27. The Morgan fingerprint density at radius 3 is 2.87 bits per heavy atom. The fraction of sp³-hybridized carbons (Fsp3) is 0.400. The number of nitrogens with zero attached hydrogens (tertiary/aromatic N) is 4. The third-order valence-corrected chi connectivity index (χ3v) is 2.27. The fourth-order valence-corrected chi connectivity index (χ4v) is 1.47. The van der Waals surface area contributed by atoms with Crippen LogP contribution in [0.3, 0.4) is 0 Å². The largest absolute Gasteiger partial charge is 0.333 e. The van der Waals surface area contributed by atoms with Crippen LogP contribution in [-0.2, 0) is 19.6 Å². The summed E-state index contributed by atoms with van der Waals surface area (Å²) in [6, 6.07) is 0. The minimum Gasteiger partial charge on any atom is -0.333 e. The molecule has 0 unspecified atom stereocenters. The van der Waals surface area contributed by atoms with Crippen LogP contribution in [0.15, 0.2) is 24.9 Å². The normalized spacial score (nSPS) is 10.8. The molecule has 2 aromatic heterocycles. The first kappa shape index (κ1) is 9.92. The summed E-state index contributed by atoms with van der Waals surface area (Å²) in [5.74, 6) is 0. The topological polar surface area (TPSA) is 61.7 Å². The van der Waals surface area contributed by atoms with E-state index >= 15 is 0 Å². The zero-order valence-electron chi connectivity index (χ0n) is 8.80. The van der Waals surface area contributed by atoms with Crippen molar-refractivity contribution in [2.24, 2.45) is 5.73 Å². The van der Waals surface area contributed by atoms with Crippen molar-refractivity contribution in [1.29, 1.82) is 0 Å². The number of aromatic nitrogens is 4. The first-order valence-corrected chi connectivity index (χ1v) is 5.04. The summed E-state index contributed by atoms with van der Waals surface area (Å²) >= 11 is 0. The molecule has 0 aliphatic heterocycles. The number of aryl methyl sites for hydroxylation is 1. The van der Waals surface area contributed by atoms with Crippen LogP contribution in [0, 0.1) is 0 Å². The summed E-state index contributed by atoms with van der Waals surface area (Å²) in [6.45, 7) is 4.26. The minimum absolute atomic E-state index is 0.487. The molecule has 2 N–H and O–H groups in total. The van der Waals surface area contributed by atoms with Crippen molar-refractivity contribution in [3.63, 3.8) is 0 Å². The Kier molecular flexibility index (Phi) is 2.82. The highest BCUT2D eigenvalue weighted by Gasteiger charge is 2.00. The zero-order chi connectivity index (χ0) is 10.7. The van der Waals surface area contributed by atoms with Crippen LogP contribution in [0.5, 0.6) is 0 Å². The third-order valence-electron chi connectivity index (χ3n) is 2.27. The molecule has 2 rings (SSSR count). The van der Waals surface area contributed by atoms with Crippen molar-refractivity contribution in [2.75, 3.05) is 0 Å². The number of hydrogen-bond donors (Lipinski definition) is 1. The van der Waals surface area contributed by atoms with Gasteiger partial charge in [-0.05, 0) is 6.92 Å². The van der Waals surface area contributed by atoms with Crippen molar-refractivity contribution >= 4 is 0 Å². The SMILES string of the molecule is CCn1cc(Cn2cnc(CN)c2)cn1. The maximum absolute atomic E-state index is 5.49. The molecule has 80 valence electrons. The molecular weight excluding hydrogens is 190 g/mol. The summed E-state index contributed by atoms with van der Waals surface area (Å²) in [5, 5.41) is 4.22. The molecule has 0 radical (unpaired) electrons. The summed E-state index contributed by atoms with van der Waals surface area (Å²) in [5.41, 5.74) is 7.58. The van der Waals surface area contributed by atoms with Crippen LogP contribution in [0.1, 0.15) is 18.2 Å². The molecule has 0 aliphatic carbocycles. The van der Waals surface area contributed by atoms with E-state index in [1.54, 1.807) is 6.33 Å². The maximum atomic E-state index is 5.49. The summed E-state index contributed by atoms with van der Waals surface area (Å²) in [7, 11) is 0. The molecule has 0 aliphatic rings. The van der Waals surface area contributed by atoms with Gasteiger partial charge in [-0.2, -0.15) is 5.10 Å². The lowest BCUT2D eigenvalue weighted by Gasteiger charge is -1.97. The minimum atomic E-state index is 0.487. The van der Waals surface area contributed by atoms with Crippen LogP contribution in [0.25, 0.3) is 0 Å². The number of nitrogens with two attached hydrogens (primary N) is 1. The highest BCUT2D eigenvalue weighted by atomic mass is 15.3. The maximum Gasteiger partial charge on any atom is 0.0953 e. The van der Waals surface area contributed by atoms with Gasteiger partial charge in [-0.15, -0.1) is 0 Å². The Balaban J connectivity index is 2.07. The molecule has 0 spiro atoms. The summed E-state index contributed by atoms with van der Waals surface area (Å²) < 4.78 is 3.93. The van der Waals surface area contributed by atoms with Gasteiger partial charge in [0.1, 0.15) is 0 Å². The predicted octanol–water partition coefficient (Wildman–Crippen LogP) is 0.606. The molecule has 0 amide bonds. The standard InChI is InChI=1S/C10H15N5/c1-2-15-6-9(4-13-15)5-14-7-10(3-11)12-8-14/h4,6-8H,2-3,5,11H2,1H3. The van der Waals surface area contributed by atoms with Crippen LogP contribution < -0.4 is 5.73 Å². The Morgan fingerprint density at radius 2 is 2.27 bits per heavy atom. The van der Waals surface area contributed by atoms with E-state index in [0.29, 0.717) is 6.54 Å². The highest BCUT2D eigenvalue weighted by molar-refractivity contribution is 5.06. The number of hydrogen-bond acceptors (Lipinski definition) is 3. The van der Waals surface area contributed by atoms with Crippen LogP contribution in [0.2, 0.25) is 0 Å². The molecule has 5 heteroatoms. The summed E-state index contributed by atoms with van der Waals surface area (Å²) in [6.07, 6.45) is 7.68. The third kappa shape index (κ3) is 2.24. The van der Waals surface area contributed by atoms with Crippen molar-refractivity contribution in [1.82, 2.24) is 19.3 Å². The Morgan fingerprint density at radius 1 is 1.40 bits per heavy atom. The quantitative estimate of drug-likeness (QED) is 0.795.